The first-order valence-electron chi connectivity index (χ1n) is 10.6. The molecule has 166 valence electrons. The van der Waals surface area contributed by atoms with Crippen LogP contribution >= 0.6 is 11.3 Å². The normalized spacial score (nSPS) is 13.6. The lowest BCUT2D eigenvalue weighted by Gasteiger charge is -2.29. The van der Waals surface area contributed by atoms with Crippen LogP contribution in [-0.4, -0.2) is 34.0 Å². The highest BCUT2D eigenvalue weighted by Gasteiger charge is 2.28. The summed E-state index contributed by atoms with van der Waals surface area (Å²) in [5.41, 5.74) is 10.6. The fourth-order valence-electron chi connectivity index (χ4n) is 3.81. The van der Waals surface area contributed by atoms with Gasteiger partial charge in [-0.2, -0.15) is 0 Å². The first kappa shape index (κ1) is 22.0. The van der Waals surface area contributed by atoms with Crippen LogP contribution < -0.4 is 5.73 Å². The molecule has 1 aliphatic heterocycles. The predicted octanol–water partition coefficient (Wildman–Crippen LogP) is 5.18. The monoisotopic (exact) mass is 449 g/mol. The van der Waals surface area contributed by atoms with Crippen molar-refractivity contribution >= 4 is 23.3 Å². The van der Waals surface area contributed by atoms with Gasteiger partial charge in [0.05, 0.1) is 12.2 Å². The Morgan fingerprint density at radius 1 is 1.12 bits per heavy atom. The number of carbonyl (C=O) groups excluding carboxylic acids is 2. The molecular formula is C25H27N3O3S. The van der Waals surface area contributed by atoms with Crippen LogP contribution in [-0.2, 0) is 17.7 Å². The Labute approximate surface area is 192 Å². The average Bonchev–Trinajstić information content (AvgIpc) is 3.15. The molecule has 0 bridgehead atoms. The lowest BCUT2D eigenvalue weighted by atomic mass is 9.95. The van der Waals surface area contributed by atoms with Gasteiger partial charge in [-0.05, 0) is 56.5 Å². The lowest BCUT2D eigenvalue weighted by Crippen LogP contribution is -2.39. The van der Waals surface area contributed by atoms with E-state index in [1.54, 1.807) is 22.3 Å². The zero-order valence-corrected chi connectivity index (χ0v) is 19.6. The van der Waals surface area contributed by atoms with Crippen LogP contribution in [0.25, 0.3) is 21.7 Å². The molecule has 0 saturated carbocycles. The molecule has 2 heterocycles. The quantitative estimate of drug-likeness (QED) is 0.597. The molecular weight excluding hydrogens is 422 g/mol. The van der Waals surface area contributed by atoms with E-state index >= 15 is 0 Å². The van der Waals surface area contributed by atoms with E-state index in [0.717, 1.165) is 37.8 Å². The summed E-state index contributed by atoms with van der Waals surface area (Å²) in [4.78, 5) is 31.8. The van der Waals surface area contributed by atoms with Gasteiger partial charge in [0.2, 0.25) is 5.91 Å². The molecule has 0 aliphatic carbocycles. The standard InChI is InChI=1S/C25H27N3O3S/c1-15-18(16-7-5-8-17(13-16)22(26)29)9-6-10-19(15)23-27-20-11-12-28(14-21(20)32-23)24(30)31-25(2,3)4/h5-10,13H,11-12,14H2,1-4H3,(H2,26,29). The SMILES string of the molecule is Cc1c(-c2cccc(C(N)=O)c2)cccc1-c1nc2c(s1)CN(C(=O)OC(C)(C)C)CC2. The van der Waals surface area contributed by atoms with Gasteiger partial charge in [0, 0.05) is 29.0 Å². The molecule has 2 aromatic carbocycles. The number of hydrogen-bond acceptors (Lipinski definition) is 5. The average molecular weight is 450 g/mol. The largest absolute Gasteiger partial charge is 0.444 e. The predicted molar refractivity (Wildman–Crippen MR) is 127 cm³/mol. The molecule has 7 heteroatoms. The second-order valence-corrected chi connectivity index (χ2v) is 10.0. The van der Waals surface area contributed by atoms with E-state index in [9.17, 15) is 9.59 Å². The van der Waals surface area contributed by atoms with Crippen molar-refractivity contribution in [3.63, 3.8) is 0 Å². The van der Waals surface area contributed by atoms with Gasteiger partial charge < -0.3 is 15.4 Å². The Hall–Kier alpha value is -3.19. The van der Waals surface area contributed by atoms with E-state index in [1.807, 2.05) is 51.1 Å². The van der Waals surface area contributed by atoms with E-state index in [1.165, 1.54) is 0 Å². The topological polar surface area (TPSA) is 85.5 Å². The number of amides is 2. The first-order chi connectivity index (χ1) is 15.1. The van der Waals surface area contributed by atoms with Crippen LogP contribution in [0.1, 0.15) is 47.3 Å². The van der Waals surface area contributed by atoms with Crippen LogP contribution in [0.3, 0.4) is 0 Å². The van der Waals surface area contributed by atoms with E-state index < -0.39 is 11.5 Å². The Morgan fingerprint density at radius 3 is 2.56 bits per heavy atom. The summed E-state index contributed by atoms with van der Waals surface area (Å²) in [7, 11) is 0. The van der Waals surface area contributed by atoms with Crippen molar-refractivity contribution in [3.8, 4) is 21.7 Å². The zero-order valence-electron chi connectivity index (χ0n) is 18.8. The zero-order chi connectivity index (χ0) is 23.0. The number of fused-ring (bicyclic) bond motifs is 1. The number of nitrogens with two attached hydrogens (primary N) is 1. The van der Waals surface area contributed by atoms with Crippen molar-refractivity contribution in [2.24, 2.45) is 5.73 Å². The Balaban J connectivity index is 1.63. The highest BCUT2D eigenvalue weighted by molar-refractivity contribution is 7.15. The highest BCUT2D eigenvalue weighted by Crippen LogP contribution is 2.37. The van der Waals surface area contributed by atoms with Crippen LogP contribution in [0.15, 0.2) is 42.5 Å². The lowest BCUT2D eigenvalue weighted by molar-refractivity contribution is 0.0225. The summed E-state index contributed by atoms with van der Waals surface area (Å²) in [6.07, 6.45) is 0.426. The molecule has 2 amide bonds. The molecule has 1 aliphatic rings. The van der Waals surface area contributed by atoms with Gasteiger partial charge in [0.15, 0.2) is 0 Å². The Kier molecular flexibility index (Phi) is 5.77. The summed E-state index contributed by atoms with van der Waals surface area (Å²) < 4.78 is 5.53. The maximum Gasteiger partial charge on any atom is 0.410 e. The van der Waals surface area contributed by atoms with Crippen LogP contribution in [0.5, 0.6) is 0 Å². The number of nitrogens with zero attached hydrogens (tertiary/aromatic N) is 2. The summed E-state index contributed by atoms with van der Waals surface area (Å²) in [6, 6.07) is 13.5. The number of primary amides is 1. The van der Waals surface area contributed by atoms with Crippen molar-refractivity contribution < 1.29 is 14.3 Å². The fourth-order valence-corrected chi connectivity index (χ4v) is 5.02. The number of ether oxygens (including phenoxy) is 1. The highest BCUT2D eigenvalue weighted by atomic mass is 32.1. The van der Waals surface area contributed by atoms with Crippen molar-refractivity contribution in [3.05, 3.63) is 64.2 Å². The molecule has 4 rings (SSSR count). The molecule has 0 fully saturated rings. The van der Waals surface area contributed by atoms with Crippen molar-refractivity contribution in [1.82, 2.24) is 9.88 Å². The minimum Gasteiger partial charge on any atom is -0.444 e. The van der Waals surface area contributed by atoms with Gasteiger partial charge in [-0.3, -0.25) is 4.79 Å². The summed E-state index contributed by atoms with van der Waals surface area (Å²) in [6.45, 7) is 8.81. The van der Waals surface area contributed by atoms with Gasteiger partial charge in [0.1, 0.15) is 10.6 Å². The van der Waals surface area contributed by atoms with Gasteiger partial charge in [-0.25, -0.2) is 9.78 Å². The van der Waals surface area contributed by atoms with Gasteiger partial charge >= 0.3 is 6.09 Å². The maximum atomic E-state index is 12.5. The molecule has 0 radical (unpaired) electrons. The number of hydrogen-bond donors (Lipinski definition) is 1. The van der Waals surface area contributed by atoms with Gasteiger partial charge in [-0.15, -0.1) is 11.3 Å². The first-order valence-corrected chi connectivity index (χ1v) is 11.4. The second-order valence-electron chi connectivity index (χ2n) is 8.96. The molecule has 0 atom stereocenters. The number of carbonyl (C=O) groups is 2. The molecule has 0 unspecified atom stereocenters. The number of benzene rings is 2. The maximum absolute atomic E-state index is 12.5. The third kappa shape index (κ3) is 4.53. The molecule has 0 spiro atoms. The molecule has 2 N–H and O–H groups in total. The van der Waals surface area contributed by atoms with E-state index in [2.05, 4.69) is 13.0 Å². The van der Waals surface area contributed by atoms with Crippen molar-refractivity contribution in [1.29, 1.82) is 0 Å². The van der Waals surface area contributed by atoms with Crippen LogP contribution in [0, 0.1) is 6.92 Å². The van der Waals surface area contributed by atoms with Crippen LogP contribution in [0.2, 0.25) is 0 Å². The molecule has 6 nitrogen and oxygen atoms in total. The van der Waals surface area contributed by atoms with Crippen molar-refractivity contribution in [2.75, 3.05) is 6.54 Å². The van der Waals surface area contributed by atoms with E-state index in [-0.39, 0.29) is 6.09 Å². The van der Waals surface area contributed by atoms with Crippen molar-refractivity contribution in [2.45, 2.75) is 46.3 Å². The summed E-state index contributed by atoms with van der Waals surface area (Å²) in [5, 5.41) is 0.937. The minimum atomic E-state index is -0.514. The molecule has 3 aromatic rings. The Bertz CT molecular complexity index is 1190. The third-order valence-electron chi connectivity index (χ3n) is 5.41. The third-order valence-corrected chi connectivity index (χ3v) is 6.52. The van der Waals surface area contributed by atoms with E-state index in [4.69, 9.17) is 15.5 Å². The number of rotatable bonds is 3. The summed E-state index contributed by atoms with van der Waals surface area (Å²) in [5.74, 6) is -0.442. The molecule has 1 aromatic heterocycles. The number of aromatic nitrogens is 1. The fraction of sp³-hybridized carbons (Fsp3) is 0.320. The summed E-state index contributed by atoms with van der Waals surface area (Å²) >= 11 is 1.62. The molecule has 0 saturated heterocycles. The second kappa shape index (κ2) is 8.39. The van der Waals surface area contributed by atoms with Crippen LogP contribution in [0.4, 0.5) is 4.79 Å². The molecule has 32 heavy (non-hydrogen) atoms. The van der Waals surface area contributed by atoms with Gasteiger partial charge in [-0.1, -0.05) is 30.3 Å². The Morgan fingerprint density at radius 2 is 1.84 bits per heavy atom. The van der Waals surface area contributed by atoms with E-state index in [0.29, 0.717) is 25.1 Å². The minimum absolute atomic E-state index is 0.286. The number of thiazole rings is 1. The van der Waals surface area contributed by atoms with Gasteiger partial charge in [0.25, 0.3) is 0 Å². The smallest absolute Gasteiger partial charge is 0.410 e.